The van der Waals surface area contributed by atoms with Crippen molar-refractivity contribution in [3.63, 3.8) is 0 Å². The number of nitrogens with zero attached hydrogens (tertiary/aromatic N) is 1. The van der Waals surface area contributed by atoms with Crippen LogP contribution in [0.25, 0.3) is 5.69 Å². The predicted octanol–water partition coefficient (Wildman–Crippen LogP) is 4.51. The van der Waals surface area contributed by atoms with Crippen LogP contribution in [-0.4, -0.2) is 27.8 Å². The molecule has 0 saturated heterocycles. The van der Waals surface area contributed by atoms with E-state index in [2.05, 4.69) is 41.5 Å². The average molecular weight is 384 g/mol. The lowest BCUT2D eigenvalue weighted by Crippen LogP contribution is -2.27. The number of nitrogens with one attached hydrogen (secondary N) is 2. The molecular formula is C20H21N3OS2. The molecule has 2 N–H and O–H groups in total. The highest BCUT2D eigenvalue weighted by Gasteiger charge is 2.13. The number of imidazole rings is 1. The summed E-state index contributed by atoms with van der Waals surface area (Å²) in [5.74, 6) is 1.67. The van der Waals surface area contributed by atoms with Crippen LogP contribution in [0.3, 0.4) is 0 Å². The quantitative estimate of drug-likeness (QED) is 0.466. The number of amides is 1. The molecule has 0 radical (unpaired) electrons. The smallest absolute Gasteiger partial charge is 0.269 e. The number of carbonyl (C=O) groups is 1. The fraction of sp³-hybridized carbons (Fsp3) is 0.200. The summed E-state index contributed by atoms with van der Waals surface area (Å²) in [7, 11) is 0. The summed E-state index contributed by atoms with van der Waals surface area (Å²) in [6, 6.07) is 18.2. The second kappa shape index (κ2) is 8.87. The lowest BCUT2D eigenvalue weighted by Gasteiger charge is -2.09. The average Bonchev–Trinajstić information content (AvgIpc) is 3.05. The highest BCUT2D eigenvalue weighted by molar-refractivity contribution is 7.98. The molecule has 0 aliphatic carbocycles. The maximum absolute atomic E-state index is 12.5. The van der Waals surface area contributed by atoms with Gasteiger partial charge >= 0.3 is 0 Å². The van der Waals surface area contributed by atoms with Crippen molar-refractivity contribution in [3.8, 4) is 5.69 Å². The first-order valence-electron chi connectivity index (χ1n) is 8.42. The van der Waals surface area contributed by atoms with Crippen LogP contribution in [0.5, 0.6) is 0 Å². The van der Waals surface area contributed by atoms with E-state index < -0.39 is 0 Å². The SMILES string of the molecule is Cc1ccc(CSCCNC(=O)c2c[nH]c(=S)n2-c2ccccc2)cc1. The zero-order valence-electron chi connectivity index (χ0n) is 14.6. The van der Waals surface area contributed by atoms with Crippen LogP contribution in [0.4, 0.5) is 0 Å². The summed E-state index contributed by atoms with van der Waals surface area (Å²) in [6.45, 7) is 2.70. The Balaban J connectivity index is 1.53. The monoisotopic (exact) mass is 383 g/mol. The molecule has 0 aliphatic rings. The van der Waals surface area contributed by atoms with Crippen LogP contribution in [0.15, 0.2) is 60.8 Å². The molecular weight excluding hydrogens is 362 g/mol. The molecule has 0 bridgehead atoms. The molecule has 0 atom stereocenters. The molecule has 3 aromatic rings. The van der Waals surface area contributed by atoms with Gasteiger partial charge in [-0.15, -0.1) is 0 Å². The van der Waals surface area contributed by atoms with Crippen molar-refractivity contribution in [1.29, 1.82) is 0 Å². The van der Waals surface area contributed by atoms with E-state index >= 15 is 0 Å². The highest BCUT2D eigenvalue weighted by atomic mass is 32.2. The summed E-state index contributed by atoms with van der Waals surface area (Å²) < 4.78 is 2.26. The maximum Gasteiger partial charge on any atom is 0.269 e. The Kier molecular flexibility index (Phi) is 6.30. The first-order valence-corrected chi connectivity index (χ1v) is 9.99. The van der Waals surface area contributed by atoms with Crippen LogP contribution in [0.2, 0.25) is 0 Å². The topological polar surface area (TPSA) is 49.8 Å². The fourth-order valence-corrected chi connectivity index (χ4v) is 3.65. The number of rotatable bonds is 7. The number of carbonyl (C=O) groups excluding carboxylic acids is 1. The number of hydrogen-bond donors (Lipinski definition) is 2. The van der Waals surface area contributed by atoms with E-state index in [0.717, 1.165) is 17.2 Å². The summed E-state index contributed by atoms with van der Waals surface area (Å²) >= 11 is 7.12. The van der Waals surface area contributed by atoms with Crippen LogP contribution < -0.4 is 5.32 Å². The second-order valence-corrected chi connectivity index (χ2v) is 7.44. The third kappa shape index (κ3) is 4.65. The zero-order chi connectivity index (χ0) is 18.4. The Hall–Kier alpha value is -2.31. The van der Waals surface area contributed by atoms with E-state index in [4.69, 9.17) is 12.2 Å². The standard InChI is InChI=1S/C20H21N3OS2/c1-15-7-9-16(10-8-15)14-26-12-11-21-19(24)18-13-22-20(25)23(18)17-5-3-2-4-6-17/h2-10,13H,11-12,14H2,1H3,(H,21,24)(H,22,25). The van der Waals surface area contributed by atoms with E-state index in [1.54, 1.807) is 22.5 Å². The van der Waals surface area contributed by atoms with Gasteiger partial charge in [0.1, 0.15) is 5.69 Å². The molecule has 26 heavy (non-hydrogen) atoms. The van der Waals surface area contributed by atoms with Gasteiger partial charge in [-0.2, -0.15) is 11.8 Å². The van der Waals surface area contributed by atoms with Crippen LogP contribution in [-0.2, 0) is 5.75 Å². The van der Waals surface area contributed by atoms with Gasteiger partial charge in [-0.3, -0.25) is 9.36 Å². The van der Waals surface area contributed by atoms with Crippen molar-refractivity contribution < 1.29 is 4.79 Å². The number of benzene rings is 2. The Morgan fingerprint density at radius 1 is 1.15 bits per heavy atom. The van der Waals surface area contributed by atoms with E-state index in [-0.39, 0.29) is 5.91 Å². The van der Waals surface area contributed by atoms with Crippen molar-refractivity contribution in [3.05, 3.63) is 82.4 Å². The van der Waals surface area contributed by atoms with Crippen molar-refractivity contribution in [2.24, 2.45) is 0 Å². The van der Waals surface area contributed by atoms with E-state index in [1.807, 2.05) is 30.3 Å². The van der Waals surface area contributed by atoms with Crippen molar-refractivity contribution in [2.75, 3.05) is 12.3 Å². The molecule has 1 heterocycles. The molecule has 4 nitrogen and oxygen atoms in total. The molecule has 0 unspecified atom stereocenters. The first-order chi connectivity index (χ1) is 12.6. The number of hydrogen-bond acceptors (Lipinski definition) is 3. The highest BCUT2D eigenvalue weighted by Crippen LogP contribution is 2.14. The Labute approximate surface area is 162 Å². The minimum atomic E-state index is -0.128. The second-order valence-electron chi connectivity index (χ2n) is 5.94. The molecule has 0 aliphatic heterocycles. The zero-order valence-corrected chi connectivity index (χ0v) is 16.2. The van der Waals surface area contributed by atoms with Gasteiger partial charge in [0.2, 0.25) is 0 Å². The minimum Gasteiger partial charge on any atom is -0.350 e. The van der Waals surface area contributed by atoms with Crippen LogP contribution in [0, 0.1) is 11.7 Å². The Morgan fingerprint density at radius 3 is 2.62 bits per heavy atom. The molecule has 0 saturated carbocycles. The lowest BCUT2D eigenvalue weighted by molar-refractivity contribution is 0.0949. The van der Waals surface area contributed by atoms with Gasteiger partial charge in [-0.05, 0) is 36.8 Å². The summed E-state index contributed by atoms with van der Waals surface area (Å²) in [4.78, 5) is 15.5. The minimum absolute atomic E-state index is 0.128. The van der Waals surface area contributed by atoms with Gasteiger partial charge in [0, 0.05) is 29.9 Å². The predicted molar refractivity (Wildman–Crippen MR) is 111 cm³/mol. The van der Waals surface area contributed by atoms with Gasteiger partial charge in [0.25, 0.3) is 5.91 Å². The lowest BCUT2D eigenvalue weighted by atomic mass is 10.2. The maximum atomic E-state index is 12.5. The molecule has 134 valence electrons. The van der Waals surface area contributed by atoms with E-state index in [1.165, 1.54) is 11.1 Å². The third-order valence-corrected chi connectivity index (χ3v) is 5.28. The number of aryl methyl sites for hydroxylation is 1. The number of aromatic nitrogens is 2. The van der Waals surface area contributed by atoms with Crippen LogP contribution in [0.1, 0.15) is 21.6 Å². The largest absolute Gasteiger partial charge is 0.350 e. The summed E-state index contributed by atoms with van der Waals surface area (Å²) in [5, 5.41) is 2.97. The number of aromatic amines is 1. The van der Waals surface area contributed by atoms with Crippen molar-refractivity contribution in [1.82, 2.24) is 14.9 Å². The molecule has 1 aromatic heterocycles. The third-order valence-electron chi connectivity index (χ3n) is 3.94. The van der Waals surface area contributed by atoms with E-state index in [0.29, 0.717) is 17.0 Å². The summed E-state index contributed by atoms with van der Waals surface area (Å²) in [5.41, 5.74) is 3.96. The molecule has 6 heteroatoms. The number of para-hydroxylation sites is 1. The first kappa shape index (κ1) is 18.5. The fourth-order valence-electron chi connectivity index (χ4n) is 2.57. The van der Waals surface area contributed by atoms with Gasteiger partial charge in [-0.1, -0.05) is 48.0 Å². The molecule has 0 spiro atoms. The van der Waals surface area contributed by atoms with E-state index in [9.17, 15) is 4.79 Å². The normalized spacial score (nSPS) is 10.7. The van der Waals surface area contributed by atoms with Crippen molar-refractivity contribution in [2.45, 2.75) is 12.7 Å². The molecule has 2 aromatic carbocycles. The number of thioether (sulfide) groups is 1. The Morgan fingerprint density at radius 2 is 1.88 bits per heavy atom. The molecule has 3 rings (SSSR count). The van der Waals surface area contributed by atoms with Gasteiger partial charge < -0.3 is 10.3 Å². The molecule has 0 fully saturated rings. The van der Waals surface area contributed by atoms with Gasteiger partial charge in [0.05, 0.1) is 0 Å². The summed E-state index contributed by atoms with van der Waals surface area (Å²) in [6.07, 6.45) is 1.66. The molecule has 1 amide bonds. The Bertz CT molecular complexity index is 914. The van der Waals surface area contributed by atoms with Crippen molar-refractivity contribution >= 4 is 29.9 Å². The van der Waals surface area contributed by atoms with Crippen LogP contribution >= 0.6 is 24.0 Å². The van der Waals surface area contributed by atoms with Gasteiger partial charge in [-0.25, -0.2) is 0 Å². The number of H-pyrrole nitrogens is 1. The van der Waals surface area contributed by atoms with Gasteiger partial charge in [0.15, 0.2) is 4.77 Å².